The zero-order valence-electron chi connectivity index (χ0n) is 33.8. The molecule has 0 aliphatic carbocycles. The molecule has 6 heteroatoms. The molecule has 0 saturated heterocycles. The summed E-state index contributed by atoms with van der Waals surface area (Å²) in [7, 11) is 0. The lowest BCUT2D eigenvalue weighted by Gasteiger charge is -2.18. The number of allylic oxidation sites excluding steroid dienone is 10. The Morgan fingerprint density at radius 3 is 1.27 bits per heavy atom. The van der Waals surface area contributed by atoms with E-state index in [2.05, 4.69) is 81.5 Å². The Bertz CT molecular complexity index is 975. The quantitative estimate of drug-likeness (QED) is 0.0274. The maximum Gasteiger partial charge on any atom is 0.306 e. The largest absolute Gasteiger partial charge is 0.462 e. The summed E-state index contributed by atoms with van der Waals surface area (Å²) in [5, 5.41) is 0. The Hall–Kier alpha value is -2.89. The Morgan fingerprint density at radius 2 is 0.788 bits per heavy atom. The molecule has 52 heavy (non-hydrogen) atoms. The van der Waals surface area contributed by atoms with E-state index in [0.717, 1.165) is 116 Å². The number of hydrogen-bond acceptors (Lipinski definition) is 6. The van der Waals surface area contributed by atoms with E-state index < -0.39 is 6.10 Å². The van der Waals surface area contributed by atoms with Crippen molar-refractivity contribution >= 4 is 17.9 Å². The van der Waals surface area contributed by atoms with Gasteiger partial charge in [-0.3, -0.25) is 14.4 Å². The van der Waals surface area contributed by atoms with E-state index in [0.29, 0.717) is 19.3 Å². The number of unbranched alkanes of at least 4 members (excludes halogenated alkanes) is 16. The van der Waals surface area contributed by atoms with Gasteiger partial charge in [0, 0.05) is 19.3 Å². The van der Waals surface area contributed by atoms with Gasteiger partial charge in [-0.1, -0.05) is 159 Å². The summed E-state index contributed by atoms with van der Waals surface area (Å²) in [4.78, 5) is 37.3. The standard InChI is InChI=1S/C46H78O6/c1-4-7-10-13-15-17-19-20-21-22-23-24-25-26-27-29-30-33-36-39-45(48)51-42-43(41-50-44(47)38-35-32-12-9-6-3)52-46(49)40-37-34-31-28-18-16-14-11-8-5-2/h7,10-11,14-15,17,20-21,23-24,43H,4-6,8-9,12-13,16,18-19,22,25-42H2,1-3H3/b10-7-,14-11-,17-15-,21-20-,24-23-. The number of esters is 3. The highest BCUT2D eigenvalue weighted by Crippen LogP contribution is 2.12. The van der Waals surface area contributed by atoms with Gasteiger partial charge in [0.25, 0.3) is 0 Å². The van der Waals surface area contributed by atoms with Crippen LogP contribution in [-0.2, 0) is 28.6 Å². The Balaban J connectivity index is 4.23. The maximum absolute atomic E-state index is 12.6. The highest BCUT2D eigenvalue weighted by Gasteiger charge is 2.19. The molecule has 0 spiro atoms. The van der Waals surface area contributed by atoms with E-state index in [1.807, 2.05) is 0 Å². The van der Waals surface area contributed by atoms with E-state index in [4.69, 9.17) is 14.2 Å². The van der Waals surface area contributed by atoms with Crippen molar-refractivity contribution in [3.8, 4) is 0 Å². The van der Waals surface area contributed by atoms with Crippen LogP contribution >= 0.6 is 0 Å². The Labute approximate surface area is 320 Å². The van der Waals surface area contributed by atoms with Crippen LogP contribution in [0.25, 0.3) is 0 Å². The van der Waals surface area contributed by atoms with Gasteiger partial charge in [-0.25, -0.2) is 0 Å². The molecule has 0 heterocycles. The van der Waals surface area contributed by atoms with Crippen LogP contribution in [0.5, 0.6) is 0 Å². The molecule has 0 aliphatic rings. The predicted molar refractivity (Wildman–Crippen MR) is 219 cm³/mol. The molecule has 0 aromatic heterocycles. The molecule has 0 saturated carbocycles. The second-order valence-electron chi connectivity index (χ2n) is 13.9. The summed E-state index contributed by atoms with van der Waals surface area (Å²) in [5.74, 6) is -0.930. The third-order valence-electron chi connectivity index (χ3n) is 8.74. The molecule has 298 valence electrons. The van der Waals surface area contributed by atoms with Gasteiger partial charge in [-0.2, -0.15) is 0 Å². The van der Waals surface area contributed by atoms with E-state index in [-0.39, 0.29) is 31.1 Å². The SMILES string of the molecule is CC/C=C\C/C=C\C/C=C\C/C=C\CCCCCCCCC(=O)OCC(COC(=O)CCCCCCC)OC(=O)CCCCCCC/C=C\CCC. The predicted octanol–water partition coefficient (Wildman–Crippen LogP) is 13.4. The number of carbonyl (C=O) groups excluding carboxylic acids is 3. The van der Waals surface area contributed by atoms with Crippen molar-refractivity contribution < 1.29 is 28.6 Å². The minimum atomic E-state index is -0.777. The molecule has 0 bridgehead atoms. The molecule has 0 fully saturated rings. The zero-order chi connectivity index (χ0) is 38.0. The molecule has 1 atom stereocenters. The molecule has 6 nitrogen and oxygen atoms in total. The van der Waals surface area contributed by atoms with Crippen molar-refractivity contribution in [3.63, 3.8) is 0 Å². The first-order valence-corrected chi connectivity index (χ1v) is 21.3. The van der Waals surface area contributed by atoms with Crippen LogP contribution in [0.3, 0.4) is 0 Å². The highest BCUT2D eigenvalue weighted by molar-refractivity contribution is 5.71. The van der Waals surface area contributed by atoms with E-state index in [1.165, 1.54) is 38.5 Å². The summed E-state index contributed by atoms with van der Waals surface area (Å²) in [6, 6.07) is 0. The second-order valence-corrected chi connectivity index (χ2v) is 13.9. The molecule has 0 N–H and O–H groups in total. The minimum absolute atomic E-state index is 0.0841. The van der Waals surface area contributed by atoms with E-state index in [9.17, 15) is 14.4 Å². The van der Waals surface area contributed by atoms with Crippen LogP contribution in [0.1, 0.15) is 194 Å². The lowest BCUT2D eigenvalue weighted by Crippen LogP contribution is -2.30. The van der Waals surface area contributed by atoms with Gasteiger partial charge in [-0.15, -0.1) is 0 Å². The zero-order valence-corrected chi connectivity index (χ0v) is 33.8. The molecule has 0 aromatic rings. The van der Waals surface area contributed by atoms with E-state index in [1.54, 1.807) is 0 Å². The summed E-state index contributed by atoms with van der Waals surface area (Å²) in [6.45, 7) is 6.33. The molecule has 0 radical (unpaired) electrons. The Kier molecular flexibility index (Phi) is 38.6. The van der Waals surface area contributed by atoms with Gasteiger partial charge in [-0.05, 0) is 77.0 Å². The van der Waals surface area contributed by atoms with Crippen molar-refractivity contribution in [1.29, 1.82) is 0 Å². The summed E-state index contributed by atoms with van der Waals surface area (Å²) < 4.78 is 16.5. The van der Waals surface area contributed by atoms with Crippen molar-refractivity contribution in [3.05, 3.63) is 60.8 Å². The highest BCUT2D eigenvalue weighted by atomic mass is 16.6. The third kappa shape index (κ3) is 38.3. The minimum Gasteiger partial charge on any atom is -0.462 e. The van der Waals surface area contributed by atoms with Gasteiger partial charge in [0.2, 0.25) is 0 Å². The number of ether oxygens (including phenoxy) is 3. The number of rotatable bonds is 37. The van der Waals surface area contributed by atoms with Crippen molar-refractivity contribution in [1.82, 2.24) is 0 Å². The lowest BCUT2D eigenvalue weighted by atomic mass is 10.1. The third-order valence-corrected chi connectivity index (χ3v) is 8.74. The van der Waals surface area contributed by atoms with Crippen LogP contribution in [-0.4, -0.2) is 37.2 Å². The van der Waals surface area contributed by atoms with E-state index >= 15 is 0 Å². The Morgan fingerprint density at radius 1 is 0.404 bits per heavy atom. The van der Waals surface area contributed by atoms with Gasteiger partial charge < -0.3 is 14.2 Å². The van der Waals surface area contributed by atoms with Crippen LogP contribution in [0.4, 0.5) is 0 Å². The van der Waals surface area contributed by atoms with Gasteiger partial charge in [0.05, 0.1) is 0 Å². The molecule has 1 unspecified atom stereocenters. The van der Waals surface area contributed by atoms with Gasteiger partial charge >= 0.3 is 17.9 Å². The average molecular weight is 727 g/mol. The van der Waals surface area contributed by atoms with Crippen molar-refractivity contribution in [2.75, 3.05) is 13.2 Å². The van der Waals surface area contributed by atoms with Crippen LogP contribution in [0.2, 0.25) is 0 Å². The molecular formula is C46H78O6. The summed E-state index contributed by atoms with van der Waals surface area (Å²) >= 11 is 0. The summed E-state index contributed by atoms with van der Waals surface area (Å²) in [5.41, 5.74) is 0. The maximum atomic E-state index is 12.6. The molecule has 0 aliphatic heterocycles. The molecular weight excluding hydrogens is 648 g/mol. The second kappa shape index (κ2) is 40.9. The average Bonchev–Trinajstić information content (AvgIpc) is 3.14. The fourth-order valence-corrected chi connectivity index (χ4v) is 5.55. The van der Waals surface area contributed by atoms with Crippen molar-refractivity contribution in [2.45, 2.75) is 200 Å². The number of carbonyl (C=O) groups is 3. The fraction of sp³-hybridized carbons (Fsp3) is 0.717. The van der Waals surface area contributed by atoms with Crippen LogP contribution < -0.4 is 0 Å². The van der Waals surface area contributed by atoms with Crippen LogP contribution in [0, 0.1) is 0 Å². The van der Waals surface area contributed by atoms with Gasteiger partial charge in [0.1, 0.15) is 13.2 Å². The molecule has 0 amide bonds. The smallest absolute Gasteiger partial charge is 0.306 e. The lowest BCUT2D eigenvalue weighted by molar-refractivity contribution is -0.167. The monoisotopic (exact) mass is 727 g/mol. The van der Waals surface area contributed by atoms with Gasteiger partial charge in [0.15, 0.2) is 6.10 Å². The normalized spacial score (nSPS) is 12.6. The first-order chi connectivity index (χ1) is 25.5. The first kappa shape index (κ1) is 49.1. The number of hydrogen-bond donors (Lipinski definition) is 0. The topological polar surface area (TPSA) is 78.9 Å². The van der Waals surface area contributed by atoms with Crippen LogP contribution in [0.15, 0.2) is 60.8 Å². The van der Waals surface area contributed by atoms with Crippen molar-refractivity contribution in [2.24, 2.45) is 0 Å². The fourth-order valence-electron chi connectivity index (χ4n) is 5.55. The first-order valence-electron chi connectivity index (χ1n) is 21.3. The summed E-state index contributed by atoms with van der Waals surface area (Å²) in [6.07, 6.45) is 48.1. The molecule has 0 aromatic carbocycles. The molecule has 0 rings (SSSR count).